The van der Waals surface area contributed by atoms with Crippen LogP contribution in [0.15, 0.2) is 42.6 Å². The molecule has 0 fully saturated rings. The Morgan fingerprint density at radius 2 is 1.92 bits per heavy atom. The van der Waals surface area contributed by atoms with Gasteiger partial charge in [0.25, 0.3) is 0 Å². The van der Waals surface area contributed by atoms with Crippen LogP contribution < -0.4 is 20.5 Å². The molecule has 0 saturated carbocycles. The molecule has 0 bridgehead atoms. The van der Waals surface area contributed by atoms with Crippen molar-refractivity contribution < 1.29 is 19.0 Å². The fourth-order valence-electron chi connectivity index (χ4n) is 2.00. The normalized spacial score (nSPS) is 10.7. The van der Waals surface area contributed by atoms with Crippen LogP contribution in [0.4, 0.5) is 0 Å². The Morgan fingerprint density at radius 3 is 2.62 bits per heavy atom. The summed E-state index contributed by atoms with van der Waals surface area (Å²) in [5.41, 5.74) is 6.42. The molecule has 26 heavy (non-hydrogen) atoms. The molecule has 1 heterocycles. The Morgan fingerprint density at radius 1 is 1.19 bits per heavy atom. The molecule has 1 aromatic carbocycles. The number of carbonyl (C=O) groups excluding carboxylic acids is 1. The van der Waals surface area contributed by atoms with E-state index in [9.17, 15) is 4.79 Å². The lowest BCUT2D eigenvalue weighted by Gasteiger charge is -2.13. The lowest BCUT2D eigenvalue weighted by atomic mass is 10.2. The summed E-state index contributed by atoms with van der Waals surface area (Å²) in [6.45, 7) is 0.412. The molecule has 9 heteroatoms. The molecule has 1 aromatic heterocycles. The van der Waals surface area contributed by atoms with E-state index in [0.29, 0.717) is 17.4 Å². The van der Waals surface area contributed by atoms with Gasteiger partial charge in [0.05, 0.1) is 13.7 Å². The number of nitrogens with zero attached hydrogens (tertiary/aromatic N) is 1. The van der Waals surface area contributed by atoms with Crippen molar-refractivity contribution in [2.75, 3.05) is 20.8 Å². The van der Waals surface area contributed by atoms with Crippen molar-refractivity contribution >= 4 is 30.7 Å². The first-order valence-electron chi connectivity index (χ1n) is 7.42. The molecule has 144 valence electrons. The van der Waals surface area contributed by atoms with Crippen molar-refractivity contribution in [1.29, 1.82) is 0 Å². The zero-order valence-electron chi connectivity index (χ0n) is 14.5. The number of hydrogen-bond acceptors (Lipinski definition) is 6. The minimum absolute atomic E-state index is 0. The maximum atomic E-state index is 11.9. The summed E-state index contributed by atoms with van der Waals surface area (Å²) in [4.78, 5) is 16.1. The second kappa shape index (κ2) is 12.3. The highest BCUT2D eigenvalue weighted by Crippen LogP contribution is 2.26. The second-order valence-corrected chi connectivity index (χ2v) is 5.03. The van der Waals surface area contributed by atoms with Gasteiger partial charge >= 0.3 is 0 Å². The molecule has 0 aliphatic heterocycles. The molecule has 0 spiro atoms. The molecule has 2 rings (SSSR count). The van der Waals surface area contributed by atoms with Crippen molar-refractivity contribution in [3.05, 3.63) is 48.2 Å². The number of halogens is 2. The molecule has 7 nitrogen and oxygen atoms in total. The van der Waals surface area contributed by atoms with Gasteiger partial charge in [-0.05, 0) is 18.2 Å². The second-order valence-electron chi connectivity index (χ2n) is 5.03. The van der Waals surface area contributed by atoms with E-state index in [1.165, 1.54) is 7.11 Å². The minimum atomic E-state index is -0.713. The fraction of sp³-hybridized carbons (Fsp3) is 0.294. The number of rotatable bonds is 8. The SMILES string of the molecule is COCC(N)C(=O)NCc1cccnc1Oc1cccc(OC)c1.Cl.Cl. The Hall–Kier alpha value is -2.06. The van der Waals surface area contributed by atoms with Crippen LogP contribution in [0.2, 0.25) is 0 Å². The minimum Gasteiger partial charge on any atom is -0.497 e. The van der Waals surface area contributed by atoms with E-state index < -0.39 is 6.04 Å². The van der Waals surface area contributed by atoms with Crippen molar-refractivity contribution in [2.45, 2.75) is 12.6 Å². The van der Waals surface area contributed by atoms with Crippen LogP contribution in [0.3, 0.4) is 0 Å². The number of hydrogen-bond donors (Lipinski definition) is 2. The van der Waals surface area contributed by atoms with E-state index in [1.54, 1.807) is 31.5 Å². The summed E-state index contributed by atoms with van der Waals surface area (Å²) in [6, 6.07) is 10.1. The van der Waals surface area contributed by atoms with Crippen molar-refractivity contribution in [2.24, 2.45) is 5.73 Å². The van der Waals surface area contributed by atoms with Gasteiger partial charge in [-0.2, -0.15) is 0 Å². The monoisotopic (exact) mass is 403 g/mol. The van der Waals surface area contributed by atoms with Gasteiger partial charge in [0, 0.05) is 31.5 Å². The van der Waals surface area contributed by atoms with E-state index in [4.69, 9.17) is 19.9 Å². The van der Waals surface area contributed by atoms with Crippen LogP contribution in [0.5, 0.6) is 17.4 Å². The molecule has 0 aliphatic rings. The zero-order chi connectivity index (χ0) is 17.4. The van der Waals surface area contributed by atoms with Crippen molar-refractivity contribution in [3.8, 4) is 17.4 Å². The highest BCUT2D eigenvalue weighted by Gasteiger charge is 2.14. The van der Waals surface area contributed by atoms with Gasteiger partial charge in [0.15, 0.2) is 0 Å². The molecule has 2 aromatic rings. The van der Waals surface area contributed by atoms with Gasteiger partial charge in [-0.3, -0.25) is 4.79 Å². The standard InChI is InChI=1S/C17H21N3O4.2ClH/c1-22-11-15(18)16(21)20-10-12-5-4-8-19-17(12)24-14-7-3-6-13(9-14)23-2;;/h3-9,15H,10-11,18H2,1-2H3,(H,20,21);2*1H. The third-order valence-corrected chi connectivity index (χ3v) is 3.24. The van der Waals surface area contributed by atoms with Crippen LogP contribution in [-0.4, -0.2) is 37.8 Å². The summed E-state index contributed by atoms with van der Waals surface area (Å²) in [7, 11) is 3.08. The number of amides is 1. The first kappa shape index (κ1) is 23.9. The molecule has 1 atom stereocenters. The largest absolute Gasteiger partial charge is 0.497 e. The molecule has 0 saturated heterocycles. The van der Waals surface area contributed by atoms with Crippen LogP contribution in [0.1, 0.15) is 5.56 Å². The fourth-order valence-corrected chi connectivity index (χ4v) is 2.00. The lowest BCUT2D eigenvalue weighted by Crippen LogP contribution is -2.43. The summed E-state index contributed by atoms with van der Waals surface area (Å²) in [5, 5.41) is 2.74. The number of nitrogens with one attached hydrogen (secondary N) is 1. The Kier molecular flexibility index (Phi) is 11.3. The molecule has 1 amide bonds. The smallest absolute Gasteiger partial charge is 0.239 e. The maximum Gasteiger partial charge on any atom is 0.239 e. The summed E-state index contributed by atoms with van der Waals surface area (Å²) >= 11 is 0. The topological polar surface area (TPSA) is 95.7 Å². The van der Waals surface area contributed by atoms with Crippen LogP contribution in [-0.2, 0) is 16.1 Å². The van der Waals surface area contributed by atoms with Gasteiger partial charge in [0.1, 0.15) is 17.5 Å². The summed E-state index contributed by atoms with van der Waals surface area (Å²) in [5.74, 6) is 1.39. The number of nitrogens with two attached hydrogens (primary N) is 1. The Labute approximate surface area is 165 Å². The third kappa shape index (κ3) is 7.05. The molecular formula is C17H23Cl2N3O4. The number of aromatic nitrogens is 1. The molecule has 1 unspecified atom stereocenters. The van der Waals surface area contributed by atoms with E-state index in [2.05, 4.69) is 10.3 Å². The van der Waals surface area contributed by atoms with E-state index in [0.717, 1.165) is 5.56 Å². The third-order valence-electron chi connectivity index (χ3n) is 3.24. The summed E-state index contributed by atoms with van der Waals surface area (Å²) < 4.78 is 15.8. The number of ether oxygens (including phenoxy) is 3. The van der Waals surface area contributed by atoms with Gasteiger partial charge in [-0.25, -0.2) is 4.98 Å². The number of carbonyl (C=O) groups is 1. The maximum absolute atomic E-state index is 11.9. The quantitative estimate of drug-likeness (QED) is 0.701. The predicted octanol–water partition coefficient (Wildman–Crippen LogP) is 2.32. The first-order chi connectivity index (χ1) is 11.6. The van der Waals surface area contributed by atoms with Gasteiger partial charge in [0.2, 0.25) is 11.8 Å². The van der Waals surface area contributed by atoms with Crippen molar-refractivity contribution in [3.63, 3.8) is 0 Å². The number of pyridine rings is 1. The van der Waals surface area contributed by atoms with Crippen LogP contribution in [0, 0.1) is 0 Å². The highest BCUT2D eigenvalue weighted by atomic mass is 35.5. The summed E-state index contributed by atoms with van der Waals surface area (Å²) in [6.07, 6.45) is 1.62. The van der Waals surface area contributed by atoms with E-state index >= 15 is 0 Å². The first-order valence-corrected chi connectivity index (χ1v) is 7.42. The molecule has 0 radical (unpaired) electrons. The number of benzene rings is 1. The van der Waals surface area contributed by atoms with E-state index in [1.807, 2.05) is 18.2 Å². The Bertz CT molecular complexity index is 689. The average Bonchev–Trinajstić information content (AvgIpc) is 2.61. The molecular weight excluding hydrogens is 381 g/mol. The van der Waals surface area contributed by atoms with E-state index in [-0.39, 0.29) is 43.9 Å². The highest BCUT2D eigenvalue weighted by molar-refractivity contribution is 5.85. The molecule has 0 aliphatic carbocycles. The van der Waals surface area contributed by atoms with Gasteiger partial charge < -0.3 is 25.3 Å². The lowest BCUT2D eigenvalue weighted by molar-refractivity contribution is -0.123. The Balaban J connectivity index is 0.00000312. The predicted molar refractivity (Wildman–Crippen MR) is 103 cm³/mol. The van der Waals surface area contributed by atoms with Crippen molar-refractivity contribution in [1.82, 2.24) is 10.3 Å². The zero-order valence-corrected chi connectivity index (χ0v) is 16.1. The average molecular weight is 404 g/mol. The molecule has 3 N–H and O–H groups in total. The van der Waals surface area contributed by atoms with Crippen LogP contribution >= 0.6 is 24.8 Å². The number of methoxy groups -OCH3 is 2. The van der Waals surface area contributed by atoms with Crippen LogP contribution in [0.25, 0.3) is 0 Å². The van der Waals surface area contributed by atoms with Gasteiger partial charge in [-0.1, -0.05) is 12.1 Å². The van der Waals surface area contributed by atoms with Gasteiger partial charge in [-0.15, -0.1) is 24.8 Å².